The van der Waals surface area contributed by atoms with Crippen molar-refractivity contribution in [3.63, 3.8) is 0 Å². The summed E-state index contributed by atoms with van der Waals surface area (Å²) in [6.07, 6.45) is 4.59. The van der Waals surface area contributed by atoms with Crippen LogP contribution in [0.2, 0.25) is 0 Å². The summed E-state index contributed by atoms with van der Waals surface area (Å²) in [6, 6.07) is 14.3. The molecular weight excluding hydrogens is 328 g/mol. The highest BCUT2D eigenvalue weighted by atomic mass is 16.5. The van der Waals surface area contributed by atoms with E-state index in [1.165, 1.54) is 12.4 Å². The molecule has 0 aliphatic carbocycles. The number of hydrogen-bond acceptors (Lipinski definition) is 5. The van der Waals surface area contributed by atoms with Gasteiger partial charge in [-0.05, 0) is 42.8 Å². The summed E-state index contributed by atoms with van der Waals surface area (Å²) in [6.45, 7) is 1.98. The number of hydrogen-bond donors (Lipinski definition) is 0. The monoisotopic (exact) mass is 344 g/mol. The highest BCUT2D eigenvalue weighted by Crippen LogP contribution is 2.20. The Morgan fingerprint density at radius 2 is 1.96 bits per heavy atom. The molecule has 0 N–H and O–H groups in total. The van der Waals surface area contributed by atoms with Gasteiger partial charge in [0.15, 0.2) is 0 Å². The number of esters is 1. The van der Waals surface area contributed by atoms with E-state index in [1.54, 1.807) is 37.4 Å². The molecule has 0 amide bonds. The van der Waals surface area contributed by atoms with Gasteiger partial charge in [0, 0.05) is 18.0 Å². The van der Waals surface area contributed by atoms with E-state index < -0.39 is 5.97 Å². The summed E-state index contributed by atoms with van der Waals surface area (Å²) < 4.78 is 10.9. The number of aromatic nitrogens is 2. The quantitative estimate of drug-likeness (QED) is 0.517. The van der Waals surface area contributed by atoms with Crippen LogP contribution in [-0.4, -0.2) is 15.9 Å². The van der Waals surface area contributed by atoms with Crippen molar-refractivity contribution in [2.75, 3.05) is 0 Å². The van der Waals surface area contributed by atoms with Gasteiger partial charge in [0.25, 0.3) is 0 Å². The Hall–Kier alpha value is -3.65. The molecule has 0 saturated heterocycles. The molecule has 3 aromatic rings. The molecule has 3 rings (SSSR count). The predicted molar refractivity (Wildman–Crippen MR) is 96.7 cm³/mol. The summed E-state index contributed by atoms with van der Waals surface area (Å²) in [5, 5.41) is 0. The molecular formula is C21H16N2O3. The van der Waals surface area contributed by atoms with E-state index >= 15 is 0 Å². The van der Waals surface area contributed by atoms with Gasteiger partial charge in [-0.1, -0.05) is 24.1 Å². The average Bonchev–Trinajstić information content (AvgIpc) is 2.68. The Morgan fingerprint density at radius 1 is 1.12 bits per heavy atom. The zero-order valence-corrected chi connectivity index (χ0v) is 14.2. The molecule has 0 bridgehead atoms. The minimum absolute atomic E-state index is 0.188. The lowest BCUT2D eigenvalue weighted by atomic mass is 10.1. The molecule has 5 heteroatoms. The van der Waals surface area contributed by atoms with Crippen LogP contribution in [0.15, 0.2) is 67.1 Å². The van der Waals surface area contributed by atoms with E-state index in [0.29, 0.717) is 17.2 Å². The second kappa shape index (κ2) is 8.45. The second-order valence-corrected chi connectivity index (χ2v) is 5.32. The van der Waals surface area contributed by atoms with Crippen molar-refractivity contribution in [3.05, 3.63) is 83.8 Å². The summed E-state index contributed by atoms with van der Waals surface area (Å²) in [5.74, 6) is 6.23. The first kappa shape index (κ1) is 17.2. The van der Waals surface area contributed by atoms with E-state index in [4.69, 9.17) is 9.47 Å². The van der Waals surface area contributed by atoms with Gasteiger partial charge in [0.05, 0.1) is 11.8 Å². The molecule has 26 heavy (non-hydrogen) atoms. The Bertz CT molecular complexity index is 942. The molecule has 2 aromatic carbocycles. The zero-order chi connectivity index (χ0) is 18.2. The molecule has 0 aliphatic rings. The van der Waals surface area contributed by atoms with Crippen molar-refractivity contribution in [1.29, 1.82) is 0 Å². The number of carbonyl (C=O) groups is 1. The molecule has 1 aromatic heterocycles. The zero-order valence-electron chi connectivity index (χ0n) is 14.2. The Balaban J connectivity index is 1.62. The maximum atomic E-state index is 12.3. The summed E-state index contributed by atoms with van der Waals surface area (Å²) in [4.78, 5) is 20.2. The van der Waals surface area contributed by atoms with Crippen LogP contribution in [0.4, 0.5) is 0 Å². The molecule has 0 aliphatic heterocycles. The van der Waals surface area contributed by atoms with Crippen molar-refractivity contribution in [1.82, 2.24) is 9.97 Å². The van der Waals surface area contributed by atoms with Crippen LogP contribution in [-0.2, 0) is 11.3 Å². The van der Waals surface area contributed by atoms with Crippen LogP contribution in [0.1, 0.15) is 28.4 Å². The highest BCUT2D eigenvalue weighted by Gasteiger charge is 2.09. The lowest BCUT2D eigenvalue weighted by Gasteiger charge is -2.07. The summed E-state index contributed by atoms with van der Waals surface area (Å²) in [5.41, 5.74) is 2.23. The normalized spacial score (nSPS) is 9.73. The molecule has 0 fully saturated rings. The smallest absolute Gasteiger partial charge is 0.338 e. The largest absolute Gasteiger partial charge is 0.457 e. The van der Waals surface area contributed by atoms with Crippen LogP contribution in [0.5, 0.6) is 11.6 Å². The standard InChI is InChI=1S/C21H16N2O3/c1-2-4-16-7-9-17(10-8-16)15-25-21(24)18-5-3-6-19(13-18)26-20-14-22-11-12-23-20/h3,5-14H,15H2,1H3. The lowest BCUT2D eigenvalue weighted by Crippen LogP contribution is -2.05. The molecule has 0 atom stereocenters. The van der Waals surface area contributed by atoms with E-state index in [-0.39, 0.29) is 6.61 Å². The van der Waals surface area contributed by atoms with Crippen molar-refractivity contribution in [3.8, 4) is 23.5 Å². The van der Waals surface area contributed by atoms with Crippen LogP contribution in [0, 0.1) is 11.8 Å². The SMILES string of the molecule is CC#Cc1ccc(COC(=O)c2cccc(Oc3cnccn3)c2)cc1. The number of ether oxygens (including phenoxy) is 2. The Labute approximate surface area is 151 Å². The number of nitrogens with zero attached hydrogens (tertiary/aromatic N) is 2. The average molecular weight is 344 g/mol. The van der Waals surface area contributed by atoms with Gasteiger partial charge in [-0.2, -0.15) is 0 Å². The summed E-state index contributed by atoms with van der Waals surface area (Å²) in [7, 11) is 0. The van der Waals surface area contributed by atoms with Crippen LogP contribution >= 0.6 is 0 Å². The van der Waals surface area contributed by atoms with Gasteiger partial charge in [0.2, 0.25) is 5.88 Å². The topological polar surface area (TPSA) is 61.3 Å². The molecule has 0 radical (unpaired) electrons. The van der Waals surface area contributed by atoms with Crippen LogP contribution < -0.4 is 4.74 Å². The fourth-order valence-electron chi connectivity index (χ4n) is 2.21. The third kappa shape index (κ3) is 4.68. The molecule has 1 heterocycles. The van der Waals surface area contributed by atoms with Gasteiger partial charge >= 0.3 is 5.97 Å². The van der Waals surface area contributed by atoms with Crippen LogP contribution in [0.25, 0.3) is 0 Å². The lowest BCUT2D eigenvalue weighted by molar-refractivity contribution is 0.0472. The van der Waals surface area contributed by atoms with Gasteiger partial charge < -0.3 is 9.47 Å². The maximum absolute atomic E-state index is 12.3. The molecule has 5 nitrogen and oxygen atoms in total. The number of rotatable bonds is 5. The summed E-state index contributed by atoms with van der Waals surface area (Å²) >= 11 is 0. The van der Waals surface area contributed by atoms with Gasteiger partial charge in [-0.15, -0.1) is 5.92 Å². The molecule has 0 spiro atoms. The molecule has 0 unspecified atom stereocenters. The van der Waals surface area contributed by atoms with Crippen molar-refractivity contribution in [2.24, 2.45) is 0 Å². The van der Waals surface area contributed by atoms with Gasteiger partial charge in [-0.25, -0.2) is 9.78 Å². The van der Waals surface area contributed by atoms with Crippen molar-refractivity contribution >= 4 is 5.97 Å². The Morgan fingerprint density at radius 3 is 2.69 bits per heavy atom. The van der Waals surface area contributed by atoms with Gasteiger partial charge in [0.1, 0.15) is 12.4 Å². The third-order valence-electron chi connectivity index (χ3n) is 3.42. The van der Waals surface area contributed by atoms with E-state index in [1.807, 2.05) is 24.3 Å². The fraction of sp³-hybridized carbons (Fsp3) is 0.0952. The maximum Gasteiger partial charge on any atom is 0.338 e. The molecule has 128 valence electrons. The van der Waals surface area contributed by atoms with E-state index in [2.05, 4.69) is 21.8 Å². The fourth-order valence-corrected chi connectivity index (χ4v) is 2.21. The van der Waals surface area contributed by atoms with Gasteiger partial charge in [-0.3, -0.25) is 4.98 Å². The Kier molecular flexibility index (Phi) is 5.58. The minimum Gasteiger partial charge on any atom is -0.457 e. The van der Waals surface area contributed by atoms with E-state index in [9.17, 15) is 4.79 Å². The third-order valence-corrected chi connectivity index (χ3v) is 3.42. The van der Waals surface area contributed by atoms with Crippen molar-refractivity contribution in [2.45, 2.75) is 13.5 Å². The predicted octanol–water partition coefficient (Wildman–Crippen LogP) is 4.00. The van der Waals surface area contributed by atoms with Crippen molar-refractivity contribution < 1.29 is 14.3 Å². The number of benzene rings is 2. The van der Waals surface area contributed by atoms with Crippen LogP contribution in [0.3, 0.4) is 0 Å². The highest BCUT2D eigenvalue weighted by molar-refractivity contribution is 5.89. The number of carbonyl (C=O) groups excluding carboxylic acids is 1. The molecule has 0 saturated carbocycles. The second-order valence-electron chi connectivity index (χ2n) is 5.32. The first-order valence-corrected chi connectivity index (χ1v) is 7.97. The minimum atomic E-state index is -0.424. The first-order chi connectivity index (χ1) is 12.7. The van der Waals surface area contributed by atoms with E-state index in [0.717, 1.165) is 11.1 Å². The first-order valence-electron chi connectivity index (χ1n) is 7.97.